The summed E-state index contributed by atoms with van der Waals surface area (Å²) in [6.45, 7) is 24.1. The minimum Gasteiger partial charge on any atom is -0.424 e. The third-order valence-corrected chi connectivity index (χ3v) is 19.2. The van der Waals surface area contributed by atoms with E-state index in [2.05, 4.69) is 239 Å². The first-order valence-electron chi connectivity index (χ1n) is 40.7. The molecule has 2 N–H and O–H groups in total. The Kier molecular flexibility index (Phi) is 50.0. The van der Waals surface area contributed by atoms with Crippen LogP contribution in [0.3, 0.4) is 0 Å². The molecule has 2 aliphatic heterocycles. The number of likely N-dealkylation sites (N-methyl/N-ethyl adjacent to an activating group) is 2. The number of aromatic nitrogens is 10. The lowest BCUT2D eigenvalue weighted by molar-refractivity contribution is 0.369. The Hall–Kier alpha value is -9.68. The molecule has 0 saturated carbocycles. The summed E-state index contributed by atoms with van der Waals surface area (Å²) in [5.74, 6) is 17.4. The van der Waals surface area contributed by atoms with Crippen molar-refractivity contribution in [2.45, 2.75) is 209 Å². The molecule has 20 nitrogen and oxygen atoms in total. The standard InChI is InChI=1S/C16H22N2O.C15H22N2O.C15H16N2O.C14H16N2O.C10H20Si.2C8H5BrN2O.C6H13BO2/c1-3-4-5-6-7-9-15-13-19-17-16(15)14-10-8-11-18(2)12-14;1-3-4-5-6-8-14-12-18-16-15(14)13-9-7-10-17(2)11-13;1-2-3-4-5-6-8-14-12-18-17-15(14)13-9-7-10-16-11-13;1-2-3-4-5-7-13-11-17-16-14(13)12-8-6-9-15-10-12;1-5-6-7-8-9-10-11(2,3)4;2*9-7-5-12-11-8(7)6-2-1-3-10-4-6;1-2-3-4-5-6-7(8)9/h10,13H,3-6,8,11-12H2,1-2H3;6,8-9,12H,3-5,7,10-11H2,1-2H3;7,9-12H,2-5H2,1H3;5-11H,2-4H2,1H3;5-8H2,1-4H3;2*1-5H;5-6,8-9H,2-4H2,1H3/b;8-6+;;7-5+;;;;6-5+. The van der Waals surface area contributed by atoms with Gasteiger partial charge in [-0.3, -0.25) is 19.9 Å². The van der Waals surface area contributed by atoms with Gasteiger partial charge in [0.2, 0.25) is 0 Å². The van der Waals surface area contributed by atoms with Gasteiger partial charge in [-0.1, -0.05) is 241 Å². The van der Waals surface area contributed by atoms with Crippen LogP contribution in [0, 0.1) is 35.1 Å². The van der Waals surface area contributed by atoms with E-state index in [1.54, 1.807) is 93.2 Å². The van der Waals surface area contributed by atoms with Crippen LogP contribution in [0.2, 0.25) is 19.6 Å². The fourth-order valence-electron chi connectivity index (χ4n) is 10.9. The highest BCUT2D eigenvalue weighted by molar-refractivity contribution is 9.11. The monoisotopic (exact) mass is 1720 g/mol. The number of nitrogens with zero attached hydrogens (tertiary/aromatic N) is 12. The highest BCUT2D eigenvalue weighted by Gasteiger charge is 2.19. The first-order chi connectivity index (χ1) is 56.5. The molecule has 0 aliphatic carbocycles. The maximum Gasteiger partial charge on any atom is 0.480 e. The Bertz CT molecular complexity index is 4510. The van der Waals surface area contributed by atoms with Crippen molar-refractivity contribution in [1.29, 1.82) is 0 Å². The number of allylic oxidation sites excluding steroid dienone is 3. The van der Waals surface area contributed by atoms with E-state index in [0.717, 1.165) is 184 Å². The summed E-state index contributed by atoms with van der Waals surface area (Å²) < 4.78 is 31.5. The lowest BCUT2D eigenvalue weighted by Gasteiger charge is -2.21. The van der Waals surface area contributed by atoms with Gasteiger partial charge in [-0.2, -0.15) is 0 Å². The van der Waals surface area contributed by atoms with Crippen molar-refractivity contribution in [3.8, 4) is 80.2 Å². The van der Waals surface area contributed by atoms with Crippen LogP contribution in [0.25, 0.3) is 68.3 Å². The summed E-state index contributed by atoms with van der Waals surface area (Å²) in [6, 6.07) is 15.3. The van der Waals surface area contributed by atoms with E-state index in [4.69, 9.17) is 37.2 Å². The molecular formula is C92H119BBr2N12O8Si. The normalized spacial score (nSPS) is 12.3. The Labute approximate surface area is 707 Å². The van der Waals surface area contributed by atoms with Gasteiger partial charge >= 0.3 is 7.12 Å². The van der Waals surface area contributed by atoms with Crippen molar-refractivity contribution >= 4 is 70.4 Å². The van der Waals surface area contributed by atoms with E-state index in [1.807, 2.05) is 48.5 Å². The van der Waals surface area contributed by atoms with Gasteiger partial charge in [-0.05, 0) is 157 Å². The lowest BCUT2D eigenvalue weighted by atomic mass is 9.91. The average molecular weight is 1720 g/mol. The minimum atomic E-state index is -1.28. The van der Waals surface area contributed by atoms with E-state index in [1.165, 1.54) is 94.2 Å². The van der Waals surface area contributed by atoms with Crippen LogP contribution >= 0.6 is 31.9 Å². The Morgan fingerprint density at radius 1 is 0.431 bits per heavy atom. The zero-order chi connectivity index (χ0) is 83.5. The molecule has 12 heterocycles. The van der Waals surface area contributed by atoms with E-state index in [-0.39, 0.29) is 0 Å². The fourth-order valence-corrected chi connectivity index (χ4v) is 12.3. The number of hydrogen-bond donors (Lipinski definition) is 2. The molecule has 0 amide bonds. The smallest absolute Gasteiger partial charge is 0.424 e. The quantitative estimate of drug-likeness (QED) is 0.0276. The number of halogens is 2. The van der Waals surface area contributed by atoms with Crippen molar-refractivity contribution in [3.63, 3.8) is 0 Å². The summed E-state index contributed by atoms with van der Waals surface area (Å²) in [4.78, 5) is 20.7. The SMILES string of the molecule is Brc1conc1-c1cccnc1.Brc1conc1-c1cccnc1.CCCC/C=C/B(O)O.CCCC/C=C/c1conc1-c1cccnc1.CCCC/C=C/c1conc1C1=CCCN(C)C1.CCCCCC#C[Si](C)(C)C.CCCCCC#Cc1conc1-c1cccnc1.CCCCCC#Cc1conc1C1=CCCN(C)C1. The molecule has 24 heteroatoms. The zero-order valence-electron chi connectivity index (χ0n) is 70.0. The summed E-state index contributed by atoms with van der Waals surface area (Å²) >= 11 is 6.64. The molecule has 12 rings (SSSR count). The third-order valence-electron chi connectivity index (χ3n) is 17.1. The molecule has 0 spiro atoms. The predicted octanol–water partition coefficient (Wildman–Crippen LogP) is 23.7. The summed E-state index contributed by atoms with van der Waals surface area (Å²) in [7, 11) is 1.92. The molecule has 0 fully saturated rings. The zero-order valence-corrected chi connectivity index (χ0v) is 74.1. The molecule has 0 saturated heterocycles. The van der Waals surface area contributed by atoms with Crippen LogP contribution in [-0.4, -0.2) is 126 Å². The molecular weight excluding hydrogens is 1600 g/mol. The topological polar surface area (TPSA) is 255 Å². The van der Waals surface area contributed by atoms with Gasteiger partial charge in [0.15, 0.2) is 0 Å². The second kappa shape index (κ2) is 59.9. The molecule has 0 unspecified atom stereocenters. The second-order valence-corrected chi connectivity index (χ2v) is 34.9. The summed E-state index contributed by atoms with van der Waals surface area (Å²) in [5.41, 5.74) is 18.7. The van der Waals surface area contributed by atoms with Crippen LogP contribution in [-0.2, 0) is 0 Å². The van der Waals surface area contributed by atoms with E-state index in [0.29, 0.717) is 0 Å². The first-order valence-corrected chi connectivity index (χ1v) is 45.8. The van der Waals surface area contributed by atoms with E-state index in [9.17, 15) is 0 Å². The maximum absolute atomic E-state index is 8.32. The van der Waals surface area contributed by atoms with Crippen LogP contribution in [0.4, 0.5) is 0 Å². The van der Waals surface area contributed by atoms with Gasteiger partial charge in [0.1, 0.15) is 79.8 Å². The molecule has 10 aromatic rings. The van der Waals surface area contributed by atoms with Gasteiger partial charge in [-0.25, -0.2) is 0 Å². The Morgan fingerprint density at radius 3 is 1.18 bits per heavy atom. The van der Waals surface area contributed by atoms with Crippen LogP contribution in [0.15, 0.2) is 208 Å². The summed E-state index contributed by atoms with van der Waals surface area (Å²) in [6.07, 6.45) is 65.3. The number of pyridine rings is 4. The molecule has 0 radical (unpaired) electrons. The lowest BCUT2D eigenvalue weighted by Crippen LogP contribution is -2.25. The van der Waals surface area contributed by atoms with Crippen molar-refractivity contribution in [1.82, 2.24) is 60.7 Å². The van der Waals surface area contributed by atoms with Crippen molar-refractivity contribution in [2.24, 2.45) is 0 Å². The van der Waals surface area contributed by atoms with E-state index < -0.39 is 15.2 Å². The molecule has 116 heavy (non-hydrogen) atoms. The summed E-state index contributed by atoms with van der Waals surface area (Å²) in [5, 5.41) is 40.6. The molecule has 10 aromatic heterocycles. The molecule has 0 bridgehead atoms. The Balaban J connectivity index is 0.000000239. The van der Waals surface area contributed by atoms with Gasteiger partial charge in [0.25, 0.3) is 0 Å². The average Bonchev–Trinajstić information content (AvgIpc) is 1.68. The highest BCUT2D eigenvalue weighted by Crippen LogP contribution is 2.29. The van der Waals surface area contributed by atoms with Gasteiger partial charge in [-0.15, -0.1) is 11.5 Å². The molecule has 0 atom stereocenters. The maximum atomic E-state index is 8.32. The second-order valence-electron chi connectivity index (χ2n) is 28.5. The van der Waals surface area contributed by atoms with Crippen molar-refractivity contribution in [2.75, 3.05) is 40.3 Å². The fraction of sp³-hybridized carbons (Fsp3) is 0.413. The van der Waals surface area contributed by atoms with Crippen molar-refractivity contribution in [3.05, 3.63) is 215 Å². The first kappa shape index (κ1) is 96.9. The van der Waals surface area contributed by atoms with Gasteiger partial charge in [0, 0.05) is 128 Å². The molecule has 2 aliphatic rings. The third kappa shape index (κ3) is 40.3. The number of hydrogen-bond acceptors (Lipinski definition) is 20. The van der Waals surface area contributed by atoms with Gasteiger partial charge < -0.3 is 47.0 Å². The predicted molar refractivity (Wildman–Crippen MR) is 481 cm³/mol. The van der Waals surface area contributed by atoms with Crippen LogP contribution < -0.4 is 0 Å². The number of unbranched alkanes of at least 4 members (excludes halogenated alkanes) is 15. The van der Waals surface area contributed by atoms with Gasteiger partial charge in [0.05, 0.1) is 20.1 Å². The van der Waals surface area contributed by atoms with E-state index >= 15 is 0 Å². The minimum absolute atomic E-state index is 0.770. The largest absolute Gasteiger partial charge is 0.480 e. The van der Waals surface area contributed by atoms with Crippen molar-refractivity contribution < 1.29 is 37.2 Å². The van der Waals surface area contributed by atoms with Crippen LogP contribution in [0.1, 0.15) is 223 Å². The molecule has 0 aromatic carbocycles. The Morgan fingerprint density at radius 2 is 0.784 bits per heavy atom. The highest BCUT2D eigenvalue weighted by atomic mass is 79.9. The van der Waals surface area contributed by atoms with Crippen LogP contribution in [0.5, 0.6) is 0 Å². The number of rotatable bonds is 27. The molecule has 616 valence electrons.